The van der Waals surface area contributed by atoms with E-state index in [1.54, 1.807) is 74.5 Å². The van der Waals surface area contributed by atoms with Gasteiger partial charge in [0.05, 0.1) is 12.2 Å². The van der Waals surface area contributed by atoms with E-state index in [-0.39, 0.29) is 18.2 Å². The molecule has 0 bridgehead atoms. The number of aromatic nitrogens is 2. The van der Waals surface area contributed by atoms with Crippen LogP contribution in [0.25, 0.3) is 0 Å². The van der Waals surface area contributed by atoms with Crippen LogP contribution >= 0.6 is 0 Å². The predicted octanol–water partition coefficient (Wildman–Crippen LogP) is 6.10. The molecule has 4 aromatic rings. The number of carboxylic acid groups (broad SMARTS) is 1. The molecule has 1 heterocycles. The first kappa shape index (κ1) is 26.8. The Hall–Kier alpha value is -4.24. The lowest BCUT2D eigenvalue weighted by Crippen LogP contribution is -2.51. The maximum Gasteiger partial charge on any atom is 0.416 e. The van der Waals surface area contributed by atoms with Crippen LogP contribution in [0.15, 0.2) is 91.0 Å². The van der Waals surface area contributed by atoms with Gasteiger partial charge in [0.25, 0.3) is 0 Å². The molecule has 196 valence electrons. The third-order valence-corrected chi connectivity index (χ3v) is 5.93. The molecule has 3 aromatic carbocycles. The Morgan fingerprint density at radius 2 is 1.32 bits per heavy atom. The zero-order chi connectivity index (χ0) is 27.3. The largest absolute Gasteiger partial charge is 0.478 e. The highest BCUT2D eigenvalue weighted by Gasteiger charge is 2.50. The minimum atomic E-state index is -4.57. The first-order chi connectivity index (χ1) is 18.1. The molecule has 6 nitrogen and oxygen atoms in total. The molecule has 38 heavy (non-hydrogen) atoms. The molecule has 0 aliphatic heterocycles. The van der Waals surface area contributed by atoms with Crippen LogP contribution in [-0.2, 0) is 27.9 Å². The Balaban J connectivity index is 1.93. The van der Waals surface area contributed by atoms with E-state index in [1.807, 2.05) is 6.07 Å². The summed E-state index contributed by atoms with van der Waals surface area (Å²) in [7, 11) is 0. The van der Waals surface area contributed by atoms with Crippen LogP contribution < -0.4 is 4.74 Å². The quantitative estimate of drug-likeness (QED) is 0.286. The molecule has 0 aliphatic rings. The van der Waals surface area contributed by atoms with E-state index in [9.17, 15) is 23.1 Å². The third kappa shape index (κ3) is 5.84. The van der Waals surface area contributed by atoms with Gasteiger partial charge in [-0.2, -0.15) is 13.2 Å². The molecule has 1 N–H and O–H groups in total. The highest BCUT2D eigenvalue weighted by Crippen LogP contribution is 2.41. The molecule has 0 amide bonds. The fourth-order valence-electron chi connectivity index (χ4n) is 4.23. The maximum absolute atomic E-state index is 13.4. The number of carbonyl (C=O) groups is 1. The summed E-state index contributed by atoms with van der Waals surface area (Å²) in [6, 6.07) is 23.1. The molecule has 0 unspecified atom stereocenters. The Labute approximate surface area is 217 Å². The van der Waals surface area contributed by atoms with Crippen LogP contribution in [0.5, 0.6) is 6.01 Å². The Bertz CT molecular complexity index is 1360. The minimum Gasteiger partial charge on any atom is -0.478 e. The Morgan fingerprint density at radius 1 is 0.816 bits per heavy atom. The van der Waals surface area contributed by atoms with E-state index < -0.39 is 29.4 Å². The number of rotatable bonds is 9. The molecular formula is C29H25F3N2O4. The van der Waals surface area contributed by atoms with Gasteiger partial charge in [-0.3, -0.25) is 0 Å². The molecular weight excluding hydrogens is 497 g/mol. The van der Waals surface area contributed by atoms with Crippen molar-refractivity contribution in [3.63, 3.8) is 0 Å². The van der Waals surface area contributed by atoms with E-state index in [1.165, 1.54) is 12.1 Å². The fraction of sp³-hybridized carbons (Fsp3) is 0.207. The first-order valence-electron chi connectivity index (χ1n) is 11.7. The molecule has 0 spiro atoms. The molecule has 4 rings (SSSR count). The first-order valence-corrected chi connectivity index (χ1v) is 11.7. The number of halogens is 3. The summed E-state index contributed by atoms with van der Waals surface area (Å²) in [5.41, 5.74) is -0.392. The number of nitrogens with zero attached hydrogens (tertiary/aromatic N) is 2. The zero-order valence-corrected chi connectivity index (χ0v) is 20.6. The lowest BCUT2D eigenvalue weighted by atomic mass is 9.80. The standard InChI is InChI=1S/C29H25F3N2O4/c1-19-17-20(2)34-27(33-19)38-25(26(35)36)28(22-11-7-4-8-12-22,37-18-21-9-5-3-6-10-21)23-13-15-24(16-14-23)29(30,31)32/h3-17,25H,18H2,1-2H3,(H,35,36)/t25-,28+/m0/s1. The van der Waals surface area contributed by atoms with E-state index in [0.717, 1.165) is 17.7 Å². The van der Waals surface area contributed by atoms with E-state index in [2.05, 4.69) is 9.97 Å². The van der Waals surface area contributed by atoms with Gasteiger partial charge in [0.1, 0.15) is 0 Å². The number of aliphatic carboxylic acids is 1. The smallest absolute Gasteiger partial charge is 0.416 e. The number of alkyl halides is 3. The Kier molecular flexibility index (Phi) is 7.78. The Morgan fingerprint density at radius 3 is 1.84 bits per heavy atom. The van der Waals surface area contributed by atoms with Crippen LogP contribution in [0.2, 0.25) is 0 Å². The molecule has 0 radical (unpaired) electrons. The van der Waals surface area contributed by atoms with Crippen LogP contribution in [0.1, 0.15) is 33.6 Å². The molecule has 1 aromatic heterocycles. The average molecular weight is 523 g/mol. The summed E-state index contributed by atoms with van der Waals surface area (Å²) in [6.45, 7) is 3.37. The van der Waals surface area contributed by atoms with Crippen molar-refractivity contribution in [3.05, 3.63) is 125 Å². The van der Waals surface area contributed by atoms with Crippen molar-refractivity contribution < 1.29 is 32.5 Å². The summed E-state index contributed by atoms with van der Waals surface area (Å²) in [6.07, 6.45) is -6.35. The number of hydrogen-bond acceptors (Lipinski definition) is 5. The number of benzene rings is 3. The third-order valence-electron chi connectivity index (χ3n) is 5.93. The van der Waals surface area contributed by atoms with Crippen LogP contribution in [0.4, 0.5) is 13.2 Å². The van der Waals surface area contributed by atoms with Gasteiger partial charge in [0, 0.05) is 11.4 Å². The maximum atomic E-state index is 13.4. The van der Waals surface area contributed by atoms with Crippen LogP contribution in [0, 0.1) is 13.8 Å². The summed E-state index contributed by atoms with van der Waals surface area (Å²) in [5, 5.41) is 10.5. The number of carboxylic acids is 1. The summed E-state index contributed by atoms with van der Waals surface area (Å²) in [4.78, 5) is 21.3. The second-order valence-corrected chi connectivity index (χ2v) is 8.72. The van der Waals surface area contributed by atoms with Crippen molar-refractivity contribution in [3.8, 4) is 6.01 Å². The minimum absolute atomic E-state index is 0.0579. The second-order valence-electron chi connectivity index (χ2n) is 8.72. The van der Waals surface area contributed by atoms with Crippen molar-refractivity contribution >= 4 is 5.97 Å². The van der Waals surface area contributed by atoms with Gasteiger partial charge >= 0.3 is 18.2 Å². The number of hydrogen-bond donors (Lipinski definition) is 1. The summed E-state index contributed by atoms with van der Waals surface area (Å²) < 4.78 is 52.5. The average Bonchev–Trinajstić information content (AvgIpc) is 2.88. The number of ether oxygens (including phenoxy) is 2. The second kappa shape index (κ2) is 11.0. The predicted molar refractivity (Wildman–Crippen MR) is 133 cm³/mol. The van der Waals surface area contributed by atoms with E-state index in [4.69, 9.17) is 9.47 Å². The van der Waals surface area contributed by atoms with Crippen molar-refractivity contribution in [1.29, 1.82) is 0 Å². The van der Waals surface area contributed by atoms with Gasteiger partial charge < -0.3 is 14.6 Å². The van der Waals surface area contributed by atoms with Crippen molar-refractivity contribution in [1.82, 2.24) is 9.97 Å². The van der Waals surface area contributed by atoms with Gasteiger partial charge in [-0.15, -0.1) is 0 Å². The van der Waals surface area contributed by atoms with Crippen molar-refractivity contribution in [2.45, 2.75) is 38.3 Å². The van der Waals surface area contributed by atoms with E-state index >= 15 is 0 Å². The zero-order valence-electron chi connectivity index (χ0n) is 20.6. The van der Waals surface area contributed by atoms with Crippen molar-refractivity contribution in [2.75, 3.05) is 0 Å². The monoisotopic (exact) mass is 522 g/mol. The van der Waals surface area contributed by atoms with Gasteiger partial charge in [-0.1, -0.05) is 72.8 Å². The molecule has 9 heteroatoms. The highest BCUT2D eigenvalue weighted by molar-refractivity contribution is 5.76. The van der Waals surface area contributed by atoms with E-state index in [0.29, 0.717) is 17.0 Å². The van der Waals surface area contributed by atoms with Gasteiger partial charge in [0.15, 0.2) is 5.60 Å². The van der Waals surface area contributed by atoms with Gasteiger partial charge in [-0.25, -0.2) is 14.8 Å². The summed E-state index contributed by atoms with van der Waals surface area (Å²) >= 11 is 0. The molecule has 0 saturated carbocycles. The molecule has 0 aliphatic carbocycles. The lowest BCUT2D eigenvalue weighted by molar-refractivity contribution is -0.166. The normalized spacial score (nSPS) is 13.9. The van der Waals surface area contributed by atoms with Crippen molar-refractivity contribution in [2.24, 2.45) is 0 Å². The summed E-state index contributed by atoms with van der Waals surface area (Å²) in [5.74, 6) is -1.41. The molecule has 0 saturated heterocycles. The lowest BCUT2D eigenvalue weighted by Gasteiger charge is -2.39. The van der Waals surface area contributed by atoms with Gasteiger partial charge in [0.2, 0.25) is 6.10 Å². The van der Waals surface area contributed by atoms with Gasteiger partial charge in [-0.05, 0) is 48.7 Å². The number of aryl methyl sites for hydroxylation is 2. The topological polar surface area (TPSA) is 81.5 Å². The highest BCUT2D eigenvalue weighted by atomic mass is 19.4. The fourth-order valence-corrected chi connectivity index (χ4v) is 4.23. The van der Waals surface area contributed by atoms with Crippen LogP contribution in [-0.4, -0.2) is 27.1 Å². The SMILES string of the molecule is Cc1cc(C)nc(O[C@@H](C(=O)O)[C@@](OCc2ccccc2)(c2ccccc2)c2ccc(C(F)(F)F)cc2)n1. The molecule has 0 fully saturated rings. The van der Waals surface area contributed by atoms with Crippen LogP contribution in [0.3, 0.4) is 0 Å². The molecule has 2 atom stereocenters.